The molecule has 7 nitrogen and oxygen atoms in total. The second-order valence-corrected chi connectivity index (χ2v) is 10.00. The number of hydrogen-bond donors (Lipinski definition) is 2. The van der Waals surface area contributed by atoms with Crippen molar-refractivity contribution < 1.29 is 18.0 Å². The SMILES string of the molecule is CC[C@@]1(c2cccc(-c3cnn(C)c3C)c2)C2=C(CC(C)(C)NC2=O)NC2N=NC(C(F)(F)F)=C21. The van der Waals surface area contributed by atoms with Crippen molar-refractivity contribution in [1.29, 1.82) is 0 Å². The Labute approximate surface area is 201 Å². The van der Waals surface area contributed by atoms with Crippen molar-refractivity contribution >= 4 is 5.91 Å². The number of aryl methyl sites for hydroxylation is 1. The van der Waals surface area contributed by atoms with Crippen molar-refractivity contribution in [2.24, 2.45) is 17.3 Å². The van der Waals surface area contributed by atoms with Gasteiger partial charge in [0.05, 0.1) is 17.2 Å². The smallest absolute Gasteiger partial charge is 0.362 e. The fourth-order valence-electron chi connectivity index (χ4n) is 5.66. The minimum atomic E-state index is -4.71. The van der Waals surface area contributed by atoms with Gasteiger partial charge in [-0.25, -0.2) is 0 Å². The van der Waals surface area contributed by atoms with E-state index in [0.717, 1.165) is 16.8 Å². The molecule has 5 rings (SSSR count). The Morgan fingerprint density at radius 2 is 2.00 bits per heavy atom. The summed E-state index contributed by atoms with van der Waals surface area (Å²) in [6.07, 6.45) is -3.30. The highest BCUT2D eigenvalue weighted by Gasteiger charge is 2.57. The number of aromatic nitrogens is 2. The van der Waals surface area contributed by atoms with Crippen molar-refractivity contribution in [2.45, 2.75) is 63.8 Å². The largest absolute Gasteiger partial charge is 0.435 e. The third-order valence-corrected chi connectivity index (χ3v) is 7.30. The second-order valence-electron chi connectivity index (χ2n) is 10.00. The minimum absolute atomic E-state index is 0.0267. The van der Waals surface area contributed by atoms with Crippen molar-refractivity contribution in [3.63, 3.8) is 0 Å². The summed E-state index contributed by atoms with van der Waals surface area (Å²) >= 11 is 0. The van der Waals surface area contributed by atoms with Crippen LogP contribution in [0.1, 0.15) is 44.9 Å². The van der Waals surface area contributed by atoms with Gasteiger partial charge in [-0.05, 0) is 44.4 Å². The van der Waals surface area contributed by atoms with Gasteiger partial charge in [-0.1, -0.05) is 25.1 Å². The molecule has 2 atom stereocenters. The Balaban J connectivity index is 1.83. The van der Waals surface area contributed by atoms with E-state index in [1.54, 1.807) is 23.9 Å². The van der Waals surface area contributed by atoms with Gasteiger partial charge in [0.1, 0.15) is 0 Å². The fraction of sp³-hybridized carbons (Fsp3) is 0.440. The molecule has 35 heavy (non-hydrogen) atoms. The fourth-order valence-corrected chi connectivity index (χ4v) is 5.66. The zero-order valence-electron chi connectivity index (χ0n) is 20.2. The first-order valence-corrected chi connectivity index (χ1v) is 11.5. The second kappa shape index (κ2) is 7.53. The van der Waals surface area contributed by atoms with E-state index < -0.39 is 29.0 Å². The molecule has 1 unspecified atom stereocenters. The number of benzene rings is 1. The van der Waals surface area contributed by atoms with Gasteiger partial charge in [-0.3, -0.25) is 9.48 Å². The van der Waals surface area contributed by atoms with Crippen LogP contribution in [0.25, 0.3) is 11.1 Å². The van der Waals surface area contributed by atoms with Crippen molar-refractivity contribution in [1.82, 2.24) is 20.4 Å². The van der Waals surface area contributed by atoms with Gasteiger partial charge in [-0.2, -0.15) is 23.4 Å². The number of nitrogens with zero attached hydrogens (tertiary/aromatic N) is 4. The number of fused-ring (bicyclic) bond motifs is 1. The van der Waals surface area contributed by atoms with Gasteiger partial charge in [-0.15, -0.1) is 5.11 Å². The van der Waals surface area contributed by atoms with Crippen LogP contribution in [0.3, 0.4) is 0 Å². The Morgan fingerprint density at radius 1 is 1.26 bits per heavy atom. The highest BCUT2D eigenvalue weighted by Crippen LogP contribution is 2.55. The predicted octanol–water partition coefficient (Wildman–Crippen LogP) is 4.81. The highest BCUT2D eigenvalue weighted by atomic mass is 19.4. The van der Waals surface area contributed by atoms with E-state index in [-0.39, 0.29) is 17.9 Å². The first-order valence-electron chi connectivity index (χ1n) is 11.5. The summed E-state index contributed by atoms with van der Waals surface area (Å²) in [6.45, 7) is 7.51. The molecule has 0 spiro atoms. The summed E-state index contributed by atoms with van der Waals surface area (Å²) in [7, 11) is 1.83. The lowest BCUT2D eigenvalue weighted by Crippen LogP contribution is -2.58. The van der Waals surface area contributed by atoms with Crippen LogP contribution in [-0.2, 0) is 17.3 Å². The number of amides is 1. The lowest BCUT2D eigenvalue weighted by molar-refractivity contribution is -0.120. The first kappa shape index (κ1) is 23.3. The van der Waals surface area contributed by atoms with Gasteiger partial charge in [0, 0.05) is 41.5 Å². The number of nitrogens with one attached hydrogen (secondary N) is 2. The Kier molecular flexibility index (Phi) is 5.02. The standard InChI is InChI=1S/C25H27F3N6O/c1-6-24(15-9-7-8-14(10-15)16-12-29-34(5)13(16)2)18-17(11-23(3,4)31-22(18)35)30-21-19(24)20(32-33-21)25(26,27)28/h7-10,12,21,30H,6,11H2,1-5H3,(H,31,35)/t21?,24-/m1/s1. The van der Waals surface area contributed by atoms with Gasteiger partial charge < -0.3 is 10.6 Å². The van der Waals surface area contributed by atoms with Crippen LogP contribution in [0.4, 0.5) is 13.2 Å². The van der Waals surface area contributed by atoms with Crippen molar-refractivity contribution in [3.05, 3.63) is 64.3 Å². The van der Waals surface area contributed by atoms with E-state index in [2.05, 4.69) is 26.0 Å². The molecule has 4 heterocycles. The molecule has 2 aromatic rings. The molecule has 184 valence electrons. The maximum Gasteiger partial charge on any atom is 0.435 e. The summed E-state index contributed by atoms with van der Waals surface area (Å²) < 4.78 is 44.4. The third kappa shape index (κ3) is 3.41. The zero-order chi connectivity index (χ0) is 25.3. The first-order chi connectivity index (χ1) is 16.4. The summed E-state index contributed by atoms with van der Waals surface area (Å²) in [5.74, 6) is -0.382. The number of halogens is 3. The summed E-state index contributed by atoms with van der Waals surface area (Å²) in [4.78, 5) is 13.6. The molecule has 0 aliphatic carbocycles. The highest BCUT2D eigenvalue weighted by molar-refractivity contribution is 6.00. The molecule has 0 saturated heterocycles. The number of alkyl halides is 3. The van der Waals surface area contributed by atoms with Gasteiger partial charge >= 0.3 is 6.18 Å². The molecule has 0 fully saturated rings. The lowest BCUT2D eigenvalue weighted by Gasteiger charge is -2.48. The summed E-state index contributed by atoms with van der Waals surface area (Å²) in [5.41, 5.74) is 1.15. The average molecular weight is 485 g/mol. The molecule has 1 aromatic heterocycles. The van der Waals surface area contributed by atoms with Crippen LogP contribution in [0.2, 0.25) is 0 Å². The molecule has 0 saturated carbocycles. The van der Waals surface area contributed by atoms with E-state index in [4.69, 9.17) is 0 Å². The van der Waals surface area contributed by atoms with Gasteiger partial charge in [0.15, 0.2) is 11.9 Å². The number of hydrogen-bond acceptors (Lipinski definition) is 5. The van der Waals surface area contributed by atoms with Crippen LogP contribution >= 0.6 is 0 Å². The molecule has 0 radical (unpaired) electrons. The van der Waals surface area contributed by atoms with E-state index in [0.29, 0.717) is 23.3 Å². The summed E-state index contributed by atoms with van der Waals surface area (Å²) in [6, 6.07) is 7.37. The predicted molar refractivity (Wildman–Crippen MR) is 124 cm³/mol. The summed E-state index contributed by atoms with van der Waals surface area (Å²) in [5, 5.41) is 18.0. The topological polar surface area (TPSA) is 83.7 Å². The minimum Gasteiger partial charge on any atom is -0.362 e. The lowest BCUT2D eigenvalue weighted by atomic mass is 9.61. The third-order valence-electron chi connectivity index (χ3n) is 7.30. The number of allylic oxidation sites excluding steroid dienone is 1. The van der Waals surface area contributed by atoms with E-state index in [1.807, 2.05) is 46.0 Å². The van der Waals surface area contributed by atoms with E-state index >= 15 is 0 Å². The molecule has 0 bridgehead atoms. The maximum absolute atomic E-state index is 14.2. The monoisotopic (exact) mass is 484 g/mol. The van der Waals surface area contributed by atoms with E-state index in [1.165, 1.54) is 0 Å². The molecule has 1 aromatic carbocycles. The molecule has 1 amide bonds. The quantitative estimate of drug-likeness (QED) is 0.656. The molecule has 3 aliphatic rings. The Morgan fingerprint density at radius 3 is 2.63 bits per heavy atom. The number of carbonyl (C=O) groups excluding carboxylic acids is 1. The van der Waals surface area contributed by atoms with E-state index in [9.17, 15) is 18.0 Å². The molecular formula is C25H27F3N6O. The van der Waals surface area contributed by atoms with Crippen LogP contribution in [-0.4, -0.2) is 33.6 Å². The molecule has 2 N–H and O–H groups in total. The number of rotatable bonds is 3. The maximum atomic E-state index is 14.2. The van der Waals surface area contributed by atoms with Crippen LogP contribution < -0.4 is 10.6 Å². The molecule has 3 aliphatic heterocycles. The number of azo groups is 1. The van der Waals surface area contributed by atoms with Crippen LogP contribution in [0.5, 0.6) is 0 Å². The Bertz CT molecular complexity index is 1330. The molecule has 10 heteroatoms. The molecular weight excluding hydrogens is 457 g/mol. The van der Waals surface area contributed by atoms with Crippen LogP contribution in [0.15, 0.2) is 63.2 Å². The van der Waals surface area contributed by atoms with Gasteiger partial charge in [0.2, 0.25) is 0 Å². The van der Waals surface area contributed by atoms with Gasteiger partial charge in [0.25, 0.3) is 5.91 Å². The average Bonchev–Trinajstić information content (AvgIpc) is 3.35. The van der Waals surface area contributed by atoms with Crippen molar-refractivity contribution in [2.75, 3.05) is 0 Å². The number of carbonyl (C=O) groups is 1. The van der Waals surface area contributed by atoms with Crippen LogP contribution in [0, 0.1) is 6.92 Å². The van der Waals surface area contributed by atoms with Crippen molar-refractivity contribution in [3.8, 4) is 11.1 Å². The Hall–Kier alpha value is -3.43. The normalized spacial score (nSPS) is 25.4. The zero-order valence-corrected chi connectivity index (χ0v) is 20.2.